The molecule has 1 fully saturated rings. The molecule has 4 heteroatoms. The van der Waals surface area contributed by atoms with Crippen LogP contribution in [0.5, 0.6) is 0 Å². The molecule has 0 aromatic carbocycles. The summed E-state index contributed by atoms with van der Waals surface area (Å²) in [5, 5.41) is 19.3. The molecule has 0 aliphatic carbocycles. The Kier molecular flexibility index (Phi) is 5.31. The van der Waals surface area contributed by atoms with Gasteiger partial charge in [0.2, 0.25) is 0 Å². The van der Waals surface area contributed by atoms with Crippen LogP contribution in [0.2, 0.25) is 0 Å². The molecule has 1 unspecified atom stereocenters. The fourth-order valence-corrected chi connectivity index (χ4v) is 1.66. The van der Waals surface area contributed by atoms with E-state index in [2.05, 4.69) is 0 Å². The van der Waals surface area contributed by atoms with Crippen molar-refractivity contribution in [1.29, 1.82) is 0 Å². The van der Waals surface area contributed by atoms with E-state index in [0.717, 1.165) is 25.9 Å². The monoisotopic (exact) mass is 188 g/mol. The van der Waals surface area contributed by atoms with Gasteiger partial charge in [-0.1, -0.05) is 0 Å². The summed E-state index contributed by atoms with van der Waals surface area (Å²) >= 11 is 0. The first-order valence-electron chi connectivity index (χ1n) is 4.93. The van der Waals surface area contributed by atoms with Crippen LogP contribution in [-0.4, -0.2) is 49.1 Å². The molecule has 0 amide bonds. The topological polar surface area (TPSA) is 52.6 Å². The van der Waals surface area contributed by atoms with Crippen molar-refractivity contribution in [2.24, 2.45) is 0 Å². The van der Waals surface area contributed by atoms with Crippen LogP contribution in [0.15, 0.2) is 0 Å². The molecule has 0 aromatic heterocycles. The predicted molar refractivity (Wildman–Crippen MR) is 47.8 cm³/mol. The Morgan fingerprint density at radius 3 is 2.77 bits per heavy atom. The molecule has 1 radical (unpaired) electrons. The number of aliphatic hydroxyl groups is 1. The highest BCUT2D eigenvalue weighted by Crippen LogP contribution is 2.15. The van der Waals surface area contributed by atoms with Crippen molar-refractivity contribution >= 4 is 0 Å². The third-order valence-corrected chi connectivity index (χ3v) is 2.33. The molecule has 0 spiro atoms. The van der Waals surface area contributed by atoms with Gasteiger partial charge >= 0.3 is 0 Å². The molecule has 1 atom stereocenters. The molecule has 1 N–H and O–H groups in total. The third-order valence-electron chi connectivity index (χ3n) is 2.33. The van der Waals surface area contributed by atoms with Crippen molar-refractivity contribution in [3.05, 3.63) is 0 Å². The maximum atomic E-state index is 10.5. The molecule has 0 aromatic rings. The molecule has 4 nitrogen and oxygen atoms in total. The minimum Gasteiger partial charge on any atom is -0.395 e. The molecule has 0 saturated carbocycles. The number of hydrogen-bond donors (Lipinski definition) is 1. The second-order valence-corrected chi connectivity index (χ2v) is 3.28. The molecule has 77 valence electrons. The molecule has 1 rings (SSSR count). The maximum absolute atomic E-state index is 10.5. The van der Waals surface area contributed by atoms with E-state index in [1.807, 2.05) is 4.90 Å². The van der Waals surface area contributed by atoms with Crippen molar-refractivity contribution in [1.82, 2.24) is 4.90 Å². The second-order valence-electron chi connectivity index (χ2n) is 3.28. The molecular formula is C9H18NO3. The van der Waals surface area contributed by atoms with Crippen molar-refractivity contribution < 1.29 is 14.9 Å². The number of rotatable bonds is 5. The number of ether oxygens (including phenoxy) is 1. The van der Waals surface area contributed by atoms with Crippen LogP contribution in [0, 0.1) is 0 Å². The lowest BCUT2D eigenvalue weighted by molar-refractivity contribution is -0.0955. The summed E-state index contributed by atoms with van der Waals surface area (Å²) < 4.78 is 5.52. The van der Waals surface area contributed by atoms with Crippen LogP contribution in [0.3, 0.4) is 0 Å². The second kappa shape index (κ2) is 6.32. The summed E-state index contributed by atoms with van der Waals surface area (Å²) in [7, 11) is 0. The van der Waals surface area contributed by atoms with Gasteiger partial charge < -0.3 is 9.84 Å². The van der Waals surface area contributed by atoms with E-state index < -0.39 is 0 Å². The fraction of sp³-hybridized carbons (Fsp3) is 1.00. The van der Waals surface area contributed by atoms with Gasteiger partial charge in [-0.05, 0) is 19.3 Å². The van der Waals surface area contributed by atoms with Crippen molar-refractivity contribution in [3.8, 4) is 0 Å². The predicted octanol–water partition coefficient (Wildman–Crippen LogP) is 0.238. The molecule has 0 bridgehead atoms. The third kappa shape index (κ3) is 3.60. The van der Waals surface area contributed by atoms with Gasteiger partial charge in [-0.15, -0.1) is 0 Å². The van der Waals surface area contributed by atoms with Gasteiger partial charge in [0, 0.05) is 19.7 Å². The number of hydrogen-bond acceptors (Lipinski definition) is 3. The van der Waals surface area contributed by atoms with Gasteiger partial charge in [0.05, 0.1) is 13.2 Å². The first kappa shape index (κ1) is 10.9. The smallest absolute Gasteiger partial charge is 0.110 e. The quantitative estimate of drug-likeness (QED) is 0.672. The van der Waals surface area contributed by atoms with Crippen LogP contribution < -0.4 is 0 Å². The Hall–Kier alpha value is -0.160. The van der Waals surface area contributed by atoms with Crippen LogP contribution in [-0.2, 0) is 9.84 Å². The normalized spacial score (nSPS) is 23.8. The summed E-state index contributed by atoms with van der Waals surface area (Å²) in [5.41, 5.74) is 0. The minimum absolute atomic E-state index is 0.0647. The minimum atomic E-state index is -0.125. The Morgan fingerprint density at radius 2 is 2.23 bits per heavy atom. The summed E-state index contributed by atoms with van der Waals surface area (Å²) in [4.78, 5) is 1.94. The lowest BCUT2D eigenvalue weighted by atomic mass is 10.1. The lowest BCUT2D eigenvalue weighted by Crippen LogP contribution is -2.42. The zero-order valence-corrected chi connectivity index (χ0v) is 7.95. The summed E-state index contributed by atoms with van der Waals surface area (Å²) in [6, 6.07) is 0. The van der Waals surface area contributed by atoms with Gasteiger partial charge in [-0.3, -0.25) is 4.90 Å². The van der Waals surface area contributed by atoms with Crippen molar-refractivity contribution in [3.63, 3.8) is 0 Å². The Labute approximate surface area is 79.1 Å². The highest BCUT2D eigenvalue weighted by Gasteiger charge is 2.20. The van der Waals surface area contributed by atoms with E-state index in [4.69, 9.17) is 9.84 Å². The SMILES string of the molecule is [O]CCN(CCO)C1CCCCO1. The molecular weight excluding hydrogens is 170 g/mol. The van der Waals surface area contributed by atoms with E-state index in [1.165, 1.54) is 0 Å². The van der Waals surface area contributed by atoms with Crippen LogP contribution in [0.1, 0.15) is 19.3 Å². The standard InChI is InChI=1S/C9H18NO3/c11-6-4-10(5-7-12)9-3-1-2-8-13-9/h9,11H,1-8H2. The molecule has 1 heterocycles. The fourth-order valence-electron chi connectivity index (χ4n) is 1.66. The van der Waals surface area contributed by atoms with Gasteiger partial charge in [-0.25, -0.2) is 5.11 Å². The van der Waals surface area contributed by atoms with E-state index >= 15 is 0 Å². The van der Waals surface area contributed by atoms with Crippen molar-refractivity contribution in [2.75, 3.05) is 32.9 Å². The van der Waals surface area contributed by atoms with Gasteiger partial charge in [0.25, 0.3) is 0 Å². The van der Waals surface area contributed by atoms with E-state index in [-0.39, 0.29) is 19.4 Å². The largest absolute Gasteiger partial charge is 0.395 e. The Morgan fingerprint density at radius 1 is 1.38 bits per heavy atom. The van der Waals surface area contributed by atoms with Crippen LogP contribution >= 0.6 is 0 Å². The zero-order chi connectivity index (χ0) is 9.52. The number of aliphatic hydroxyl groups excluding tert-OH is 1. The highest BCUT2D eigenvalue weighted by atomic mass is 16.5. The van der Waals surface area contributed by atoms with Gasteiger partial charge in [-0.2, -0.15) is 0 Å². The number of nitrogens with zero attached hydrogens (tertiary/aromatic N) is 1. The maximum Gasteiger partial charge on any atom is 0.110 e. The van der Waals surface area contributed by atoms with E-state index in [0.29, 0.717) is 13.1 Å². The van der Waals surface area contributed by atoms with Gasteiger partial charge in [0.1, 0.15) is 6.23 Å². The summed E-state index contributed by atoms with van der Waals surface area (Å²) in [5.74, 6) is 0. The summed E-state index contributed by atoms with van der Waals surface area (Å²) in [6.07, 6.45) is 3.32. The van der Waals surface area contributed by atoms with E-state index in [9.17, 15) is 5.11 Å². The van der Waals surface area contributed by atoms with Crippen LogP contribution in [0.4, 0.5) is 0 Å². The average molecular weight is 188 g/mol. The Bertz CT molecular complexity index is 120. The molecule has 1 saturated heterocycles. The van der Waals surface area contributed by atoms with Crippen LogP contribution in [0.25, 0.3) is 0 Å². The van der Waals surface area contributed by atoms with Crippen molar-refractivity contribution in [2.45, 2.75) is 25.5 Å². The summed E-state index contributed by atoms with van der Waals surface area (Å²) in [6.45, 7) is 1.78. The highest BCUT2D eigenvalue weighted by molar-refractivity contribution is 4.66. The molecule has 1 aliphatic rings. The first-order chi connectivity index (χ1) is 6.38. The van der Waals surface area contributed by atoms with Gasteiger partial charge in [0.15, 0.2) is 0 Å². The van der Waals surface area contributed by atoms with E-state index in [1.54, 1.807) is 0 Å². The molecule has 13 heavy (non-hydrogen) atoms. The first-order valence-corrected chi connectivity index (χ1v) is 4.93. The molecule has 1 aliphatic heterocycles. The zero-order valence-electron chi connectivity index (χ0n) is 7.95. The lowest BCUT2D eigenvalue weighted by Gasteiger charge is -2.33. The Balaban J connectivity index is 2.32. The average Bonchev–Trinajstić information content (AvgIpc) is 2.19.